The quantitative estimate of drug-likeness (QED) is 0.777. The van der Waals surface area contributed by atoms with Crippen molar-refractivity contribution in [2.75, 3.05) is 6.54 Å². The molecule has 1 amide bonds. The molecule has 1 aromatic heterocycles. The van der Waals surface area contributed by atoms with E-state index >= 15 is 0 Å². The second kappa shape index (κ2) is 4.96. The van der Waals surface area contributed by atoms with E-state index in [1.165, 1.54) is 0 Å². The average Bonchev–Trinajstić information content (AvgIpc) is 2.18. The minimum Gasteiger partial charge on any atom is -0.355 e. The molecular weight excluding hydrogens is 200 g/mol. The zero-order valence-corrected chi connectivity index (χ0v) is 9.01. The van der Waals surface area contributed by atoms with Gasteiger partial charge in [-0.1, -0.05) is 6.07 Å². The van der Waals surface area contributed by atoms with E-state index in [9.17, 15) is 4.79 Å². The van der Waals surface area contributed by atoms with Crippen molar-refractivity contribution in [3.05, 3.63) is 29.6 Å². The maximum Gasteiger partial charge on any atom is 0.242 e. The number of aryl methyl sites for hydroxylation is 1. The first-order chi connectivity index (χ1) is 6.65. The number of nitrogens with one attached hydrogen (secondary N) is 1. The SMILES string of the molecule is CCNC(=O)C(Cl)c1ccc(C)nc1. The van der Waals surface area contributed by atoms with E-state index in [1.807, 2.05) is 26.0 Å². The molecule has 1 aromatic rings. The molecule has 1 atom stereocenters. The number of halogens is 1. The highest BCUT2D eigenvalue weighted by atomic mass is 35.5. The first-order valence-electron chi connectivity index (χ1n) is 4.49. The van der Waals surface area contributed by atoms with Crippen LogP contribution >= 0.6 is 11.6 Å². The average molecular weight is 213 g/mol. The van der Waals surface area contributed by atoms with Crippen molar-refractivity contribution in [2.45, 2.75) is 19.2 Å². The normalized spacial score (nSPS) is 12.2. The molecule has 0 bridgehead atoms. The lowest BCUT2D eigenvalue weighted by Crippen LogP contribution is -2.26. The van der Waals surface area contributed by atoms with Gasteiger partial charge < -0.3 is 5.32 Å². The number of hydrogen-bond donors (Lipinski definition) is 1. The Morgan fingerprint density at radius 1 is 1.64 bits per heavy atom. The topological polar surface area (TPSA) is 42.0 Å². The molecule has 1 N–H and O–H groups in total. The van der Waals surface area contributed by atoms with Gasteiger partial charge in [-0.05, 0) is 25.5 Å². The van der Waals surface area contributed by atoms with Gasteiger partial charge >= 0.3 is 0 Å². The third-order valence-electron chi connectivity index (χ3n) is 1.81. The predicted octanol–water partition coefficient (Wildman–Crippen LogP) is 1.81. The van der Waals surface area contributed by atoms with Crippen LogP contribution in [0.5, 0.6) is 0 Å². The number of aromatic nitrogens is 1. The molecule has 0 aliphatic rings. The molecule has 1 rings (SSSR count). The molecule has 4 heteroatoms. The fourth-order valence-electron chi connectivity index (χ4n) is 1.04. The van der Waals surface area contributed by atoms with E-state index in [4.69, 9.17) is 11.6 Å². The van der Waals surface area contributed by atoms with E-state index < -0.39 is 5.38 Å². The number of nitrogens with zero attached hydrogens (tertiary/aromatic N) is 1. The highest BCUT2D eigenvalue weighted by Gasteiger charge is 2.16. The molecule has 1 heterocycles. The molecule has 3 nitrogen and oxygen atoms in total. The van der Waals surface area contributed by atoms with E-state index in [2.05, 4.69) is 10.3 Å². The standard InChI is InChI=1S/C10H13ClN2O/c1-3-12-10(14)9(11)8-5-4-7(2)13-6-8/h4-6,9H,3H2,1-2H3,(H,12,14). The molecule has 76 valence electrons. The van der Waals surface area contributed by atoms with Crippen LogP contribution in [0.15, 0.2) is 18.3 Å². The molecule has 0 aliphatic carbocycles. The van der Waals surface area contributed by atoms with Crippen LogP contribution in [-0.4, -0.2) is 17.4 Å². The van der Waals surface area contributed by atoms with Gasteiger partial charge in [-0.2, -0.15) is 0 Å². The van der Waals surface area contributed by atoms with Gasteiger partial charge in [0.15, 0.2) is 0 Å². The predicted molar refractivity (Wildman–Crippen MR) is 56.3 cm³/mol. The number of rotatable bonds is 3. The molecule has 1 unspecified atom stereocenters. The van der Waals surface area contributed by atoms with Crippen LogP contribution in [0.3, 0.4) is 0 Å². The van der Waals surface area contributed by atoms with Crippen LogP contribution in [0, 0.1) is 6.92 Å². The zero-order chi connectivity index (χ0) is 10.6. The van der Waals surface area contributed by atoms with Crippen LogP contribution in [0.4, 0.5) is 0 Å². The summed E-state index contributed by atoms with van der Waals surface area (Å²) in [6.07, 6.45) is 1.63. The summed E-state index contributed by atoms with van der Waals surface area (Å²) < 4.78 is 0. The lowest BCUT2D eigenvalue weighted by molar-refractivity contribution is -0.120. The van der Waals surface area contributed by atoms with Gasteiger partial charge in [0.05, 0.1) is 0 Å². The van der Waals surface area contributed by atoms with Gasteiger partial charge in [-0.25, -0.2) is 0 Å². The van der Waals surface area contributed by atoms with Gasteiger partial charge in [-0.15, -0.1) is 11.6 Å². The monoisotopic (exact) mass is 212 g/mol. The number of hydrogen-bond acceptors (Lipinski definition) is 2. The Morgan fingerprint density at radius 3 is 2.86 bits per heavy atom. The van der Waals surface area contributed by atoms with Gasteiger partial charge in [0.2, 0.25) is 5.91 Å². The van der Waals surface area contributed by atoms with Crippen molar-refractivity contribution in [3.8, 4) is 0 Å². The van der Waals surface area contributed by atoms with Crippen molar-refractivity contribution >= 4 is 17.5 Å². The van der Waals surface area contributed by atoms with E-state index in [1.54, 1.807) is 6.20 Å². The van der Waals surface area contributed by atoms with Crippen molar-refractivity contribution in [1.82, 2.24) is 10.3 Å². The summed E-state index contributed by atoms with van der Waals surface area (Å²) in [7, 11) is 0. The Labute approximate surface area is 88.5 Å². The van der Waals surface area contributed by atoms with Gasteiger partial charge in [0.25, 0.3) is 0 Å². The first kappa shape index (κ1) is 11.0. The van der Waals surface area contributed by atoms with Crippen molar-refractivity contribution in [2.24, 2.45) is 0 Å². The number of carbonyl (C=O) groups excluding carboxylic acids is 1. The molecule has 0 aliphatic heterocycles. The van der Waals surface area contributed by atoms with Crippen LogP contribution in [0.1, 0.15) is 23.6 Å². The number of amides is 1. The van der Waals surface area contributed by atoms with E-state index in [0.29, 0.717) is 6.54 Å². The third kappa shape index (κ3) is 2.70. The molecule has 0 aromatic carbocycles. The lowest BCUT2D eigenvalue weighted by atomic mass is 10.2. The minimum absolute atomic E-state index is 0.181. The highest BCUT2D eigenvalue weighted by molar-refractivity contribution is 6.30. The largest absolute Gasteiger partial charge is 0.355 e. The fourth-order valence-corrected chi connectivity index (χ4v) is 1.25. The van der Waals surface area contributed by atoms with Crippen LogP contribution < -0.4 is 5.32 Å². The summed E-state index contributed by atoms with van der Waals surface area (Å²) in [6.45, 7) is 4.33. The molecule has 0 fully saturated rings. The number of likely N-dealkylation sites (N-methyl/N-ethyl adjacent to an activating group) is 1. The Balaban J connectivity index is 2.73. The van der Waals surface area contributed by atoms with Crippen LogP contribution in [0.25, 0.3) is 0 Å². The van der Waals surface area contributed by atoms with Gasteiger partial charge in [0, 0.05) is 18.4 Å². The van der Waals surface area contributed by atoms with Crippen molar-refractivity contribution in [3.63, 3.8) is 0 Å². The number of pyridine rings is 1. The maximum atomic E-state index is 11.4. The summed E-state index contributed by atoms with van der Waals surface area (Å²) in [4.78, 5) is 15.4. The minimum atomic E-state index is -0.650. The van der Waals surface area contributed by atoms with Gasteiger partial charge in [0.1, 0.15) is 5.38 Å². The van der Waals surface area contributed by atoms with Crippen molar-refractivity contribution < 1.29 is 4.79 Å². The molecule has 0 saturated heterocycles. The Morgan fingerprint density at radius 2 is 2.36 bits per heavy atom. The third-order valence-corrected chi connectivity index (χ3v) is 2.26. The smallest absolute Gasteiger partial charge is 0.242 e. The summed E-state index contributed by atoms with van der Waals surface area (Å²) in [5.74, 6) is -0.181. The summed E-state index contributed by atoms with van der Waals surface area (Å²) in [5, 5.41) is 2.01. The molecule has 0 radical (unpaired) electrons. The maximum absolute atomic E-state index is 11.4. The zero-order valence-electron chi connectivity index (χ0n) is 8.25. The Kier molecular flexibility index (Phi) is 3.89. The fraction of sp³-hybridized carbons (Fsp3) is 0.400. The molecule has 14 heavy (non-hydrogen) atoms. The summed E-state index contributed by atoms with van der Waals surface area (Å²) >= 11 is 5.94. The number of carbonyl (C=O) groups is 1. The lowest BCUT2D eigenvalue weighted by Gasteiger charge is -2.08. The Hall–Kier alpha value is -1.09. The first-order valence-corrected chi connectivity index (χ1v) is 4.93. The van der Waals surface area contributed by atoms with Crippen molar-refractivity contribution in [1.29, 1.82) is 0 Å². The Bertz CT molecular complexity index is 310. The van der Waals surface area contributed by atoms with Crippen LogP contribution in [0.2, 0.25) is 0 Å². The highest BCUT2D eigenvalue weighted by Crippen LogP contribution is 2.19. The summed E-state index contributed by atoms with van der Waals surface area (Å²) in [5.41, 5.74) is 1.64. The number of alkyl halides is 1. The summed E-state index contributed by atoms with van der Waals surface area (Å²) in [6, 6.07) is 3.65. The molecule has 0 spiro atoms. The second-order valence-corrected chi connectivity index (χ2v) is 3.43. The van der Waals surface area contributed by atoms with Crippen LogP contribution in [-0.2, 0) is 4.79 Å². The molecular formula is C10H13ClN2O. The second-order valence-electron chi connectivity index (χ2n) is 2.99. The van der Waals surface area contributed by atoms with E-state index in [-0.39, 0.29) is 5.91 Å². The van der Waals surface area contributed by atoms with Gasteiger partial charge in [-0.3, -0.25) is 9.78 Å². The molecule has 0 saturated carbocycles. The van der Waals surface area contributed by atoms with E-state index in [0.717, 1.165) is 11.3 Å².